The van der Waals surface area contributed by atoms with E-state index in [1.54, 1.807) is 11.0 Å². The second-order valence-electron chi connectivity index (χ2n) is 6.99. The van der Waals surface area contributed by atoms with Gasteiger partial charge in [0.05, 0.1) is 11.6 Å². The Kier molecular flexibility index (Phi) is 5.56. The SMILES string of the molecule is CC(C)CN1CC(C(=O)Nc2ccccc2Oc2ccccc2)CC1=O. The van der Waals surface area contributed by atoms with Gasteiger partial charge >= 0.3 is 0 Å². The average molecular weight is 352 g/mol. The Hall–Kier alpha value is -2.82. The van der Waals surface area contributed by atoms with Gasteiger partial charge in [-0.1, -0.05) is 44.2 Å². The predicted molar refractivity (Wildman–Crippen MR) is 101 cm³/mol. The number of nitrogens with one attached hydrogen (secondary N) is 1. The van der Waals surface area contributed by atoms with Gasteiger partial charge in [0, 0.05) is 19.5 Å². The van der Waals surface area contributed by atoms with E-state index < -0.39 is 0 Å². The van der Waals surface area contributed by atoms with Crippen molar-refractivity contribution < 1.29 is 14.3 Å². The van der Waals surface area contributed by atoms with E-state index >= 15 is 0 Å². The molecule has 0 spiro atoms. The number of ether oxygens (including phenoxy) is 1. The highest BCUT2D eigenvalue weighted by molar-refractivity contribution is 5.98. The number of hydrogen-bond acceptors (Lipinski definition) is 3. The Morgan fingerprint density at radius 1 is 1.15 bits per heavy atom. The van der Waals surface area contributed by atoms with Gasteiger partial charge in [-0.2, -0.15) is 0 Å². The highest BCUT2D eigenvalue weighted by Crippen LogP contribution is 2.30. The lowest BCUT2D eigenvalue weighted by Crippen LogP contribution is -2.31. The zero-order chi connectivity index (χ0) is 18.5. The first kappa shape index (κ1) is 18.0. The van der Waals surface area contributed by atoms with Crippen LogP contribution in [0.5, 0.6) is 11.5 Å². The molecule has 2 amide bonds. The van der Waals surface area contributed by atoms with E-state index in [0.717, 1.165) is 0 Å². The van der Waals surface area contributed by atoms with Crippen molar-refractivity contribution in [1.82, 2.24) is 4.90 Å². The van der Waals surface area contributed by atoms with Crippen molar-refractivity contribution in [3.63, 3.8) is 0 Å². The molecule has 1 aliphatic rings. The number of likely N-dealkylation sites (tertiary alicyclic amines) is 1. The molecule has 1 N–H and O–H groups in total. The fraction of sp³-hybridized carbons (Fsp3) is 0.333. The zero-order valence-corrected chi connectivity index (χ0v) is 15.1. The van der Waals surface area contributed by atoms with Gasteiger partial charge in [-0.15, -0.1) is 0 Å². The summed E-state index contributed by atoms with van der Waals surface area (Å²) in [5.74, 6) is 1.25. The van der Waals surface area contributed by atoms with E-state index in [-0.39, 0.29) is 24.2 Å². The van der Waals surface area contributed by atoms with Gasteiger partial charge in [0.25, 0.3) is 0 Å². The third-order valence-corrected chi connectivity index (χ3v) is 4.29. The molecule has 0 aromatic heterocycles. The second kappa shape index (κ2) is 8.04. The first-order valence-corrected chi connectivity index (χ1v) is 8.93. The quantitative estimate of drug-likeness (QED) is 0.857. The number of hydrogen-bond donors (Lipinski definition) is 1. The average Bonchev–Trinajstić information content (AvgIpc) is 2.98. The van der Waals surface area contributed by atoms with Crippen LogP contribution in [-0.4, -0.2) is 29.8 Å². The van der Waals surface area contributed by atoms with Crippen LogP contribution in [-0.2, 0) is 9.59 Å². The van der Waals surface area contributed by atoms with E-state index in [9.17, 15) is 9.59 Å². The molecule has 1 unspecified atom stereocenters. The minimum atomic E-state index is -0.328. The Bertz CT molecular complexity index is 774. The van der Waals surface area contributed by atoms with Crippen LogP contribution in [0.15, 0.2) is 54.6 Å². The molecule has 26 heavy (non-hydrogen) atoms. The Labute approximate surface area is 154 Å². The Balaban J connectivity index is 1.68. The molecule has 0 radical (unpaired) electrons. The summed E-state index contributed by atoms with van der Waals surface area (Å²) >= 11 is 0. The van der Waals surface area contributed by atoms with Gasteiger partial charge in [0.15, 0.2) is 5.75 Å². The van der Waals surface area contributed by atoms with Crippen molar-refractivity contribution >= 4 is 17.5 Å². The summed E-state index contributed by atoms with van der Waals surface area (Å²) in [7, 11) is 0. The monoisotopic (exact) mass is 352 g/mol. The van der Waals surface area contributed by atoms with Gasteiger partial charge in [0.2, 0.25) is 11.8 Å². The van der Waals surface area contributed by atoms with Crippen LogP contribution in [0.25, 0.3) is 0 Å². The van der Waals surface area contributed by atoms with Gasteiger partial charge in [0.1, 0.15) is 5.75 Å². The molecule has 1 heterocycles. The molecule has 1 aliphatic heterocycles. The normalized spacial score (nSPS) is 16.8. The van der Waals surface area contributed by atoms with E-state index in [4.69, 9.17) is 4.74 Å². The number of carbonyl (C=O) groups excluding carboxylic acids is 2. The minimum absolute atomic E-state index is 0.0488. The van der Waals surface area contributed by atoms with Crippen molar-refractivity contribution in [3.8, 4) is 11.5 Å². The molecule has 2 aromatic carbocycles. The lowest BCUT2D eigenvalue weighted by Gasteiger charge is -2.19. The molecule has 0 aliphatic carbocycles. The van der Waals surface area contributed by atoms with Crippen molar-refractivity contribution in [2.45, 2.75) is 20.3 Å². The maximum absolute atomic E-state index is 12.7. The smallest absolute Gasteiger partial charge is 0.229 e. The summed E-state index contributed by atoms with van der Waals surface area (Å²) in [5.41, 5.74) is 0.608. The maximum atomic E-state index is 12.7. The molecule has 1 atom stereocenters. The molecular weight excluding hydrogens is 328 g/mol. The van der Waals surface area contributed by atoms with Crippen LogP contribution < -0.4 is 10.1 Å². The van der Waals surface area contributed by atoms with Gasteiger partial charge in [-0.25, -0.2) is 0 Å². The van der Waals surface area contributed by atoms with Crippen molar-refractivity contribution in [3.05, 3.63) is 54.6 Å². The lowest BCUT2D eigenvalue weighted by molar-refractivity contribution is -0.128. The summed E-state index contributed by atoms with van der Waals surface area (Å²) in [5, 5.41) is 2.92. The number of para-hydroxylation sites is 3. The summed E-state index contributed by atoms with van der Waals surface area (Å²) in [6.45, 7) is 5.30. The third-order valence-electron chi connectivity index (χ3n) is 4.29. The van der Waals surface area contributed by atoms with Gasteiger partial charge in [-0.3, -0.25) is 9.59 Å². The molecule has 2 aromatic rings. The number of benzene rings is 2. The highest BCUT2D eigenvalue weighted by atomic mass is 16.5. The number of carbonyl (C=O) groups is 2. The van der Waals surface area contributed by atoms with Crippen LogP contribution in [0.4, 0.5) is 5.69 Å². The summed E-state index contributed by atoms with van der Waals surface area (Å²) in [4.78, 5) is 26.5. The second-order valence-corrected chi connectivity index (χ2v) is 6.99. The van der Waals surface area contributed by atoms with Crippen molar-refractivity contribution in [2.75, 3.05) is 18.4 Å². The first-order chi connectivity index (χ1) is 12.5. The Morgan fingerprint density at radius 3 is 2.58 bits per heavy atom. The predicted octanol–water partition coefficient (Wildman–Crippen LogP) is 3.92. The van der Waals surface area contributed by atoms with Crippen LogP contribution in [0.3, 0.4) is 0 Å². The summed E-state index contributed by atoms with van der Waals surface area (Å²) in [6, 6.07) is 16.7. The molecule has 3 rings (SSSR count). The third kappa shape index (κ3) is 4.42. The number of rotatable bonds is 6. The van der Waals surface area contributed by atoms with E-state index in [0.29, 0.717) is 36.2 Å². The molecule has 136 valence electrons. The van der Waals surface area contributed by atoms with E-state index in [1.807, 2.05) is 48.5 Å². The van der Waals surface area contributed by atoms with Crippen LogP contribution in [0.2, 0.25) is 0 Å². The standard InChI is InChI=1S/C21H24N2O3/c1-15(2)13-23-14-16(12-20(23)24)21(25)22-18-10-6-7-11-19(18)26-17-8-4-3-5-9-17/h3-11,15-16H,12-14H2,1-2H3,(H,22,25). The molecular formula is C21H24N2O3. The molecule has 1 fully saturated rings. The molecule has 0 bridgehead atoms. The fourth-order valence-electron chi connectivity index (χ4n) is 3.07. The van der Waals surface area contributed by atoms with Crippen LogP contribution in [0.1, 0.15) is 20.3 Å². The number of amides is 2. The number of nitrogens with zero attached hydrogens (tertiary/aromatic N) is 1. The lowest BCUT2D eigenvalue weighted by atomic mass is 10.1. The molecule has 1 saturated heterocycles. The molecule has 5 heteroatoms. The van der Waals surface area contributed by atoms with Crippen LogP contribution >= 0.6 is 0 Å². The summed E-state index contributed by atoms with van der Waals surface area (Å²) < 4.78 is 5.88. The zero-order valence-electron chi connectivity index (χ0n) is 15.1. The molecule has 0 saturated carbocycles. The minimum Gasteiger partial charge on any atom is -0.455 e. The number of anilines is 1. The van der Waals surface area contributed by atoms with Gasteiger partial charge in [-0.05, 0) is 30.2 Å². The Morgan fingerprint density at radius 2 is 1.85 bits per heavy atom. The highest BCUT2D eigenvalue weighted by Gasteiger charge is 2.34. The van der Waals surface area contributed by atoms with Crippen LogP contribution in [0, 0.1) is 11.8 Å². The first-order valence-electron chi connectivity index (χ1n) is 8.93. The van der Waals surface area contributed by atoms with Crippen molar-refractivity contribution in [2.24, 2.45) is 11.8 Å². The van der Waals surface area contributed by atoms with Crippen molar-refractivity contribution in [1.29, 1.82) is 0 Å². The van der Waals surface area contributed by atoms with E-state index in [1.165, 1.54) is 0 Å². The maximum Gasteiger partial charge on any atom is 0.229 e. The topological polar surface area (TPSA) is 58.6 Å². The summed E-state index contributed by atoms with van der Waals surface area (Å²) in [6.07, 6.45) is 0.264. The van der Waals surface area contributed by atoms with Gasteiger partial charge < -0.3 is 15.0 Å². The largest absolute Gasteiger partial charge is 0.455 e. The molecule has 5 nitrogen and oxygen atoms in total. The van der Waals surface area contributed by atoms with E-state index in [2.05, 4.69) is 19.2 Å². The fourth-order valence-corrected chi connectivity index (χ4v) is 3.07.